The lowest BCUT2D eigenvalue weighted by Gasteiger charge is -2.35. The molecule has 0 spiro atoms. The topological polar surface area (TPSA) is 205 Å². The number of ether oxygens (including phenoxy) is 3. The van der Waals surface area contributed by atoms with Gasteiger partial charge in [0, 0.05) is 60.2 Å². The van der Waals surface area contributed by atoms with Crippen LogP contribution in [0.15, 0.2) is 60.7 Å². The Balaban J connectivity index is 0.937. The number of amides is 5. The molecular weight excluding hydrogens is 980 g/mol. The molecule has 0 aromatic heterocycles. The maximum atomic E-state index is 13.3. The highest BCUT2D eigenvalue weighted by Crippen LogP contribution is 2.47. The van der Waals surface area contributed by atoms with E-state index in [-0.39, 0.29) is 52.0 Å². The van der Waals surface area contributed by atoms with Gasteiger partial charge in [-0.3, -0.25) is 14.4 Å². The van der Waals surface area contributed by atoms with Crippen LogP contribution >= 0.6 is 35.0 Å². The molecule has 0 saturated carbocycles. The van der Waals surface area contributed by atoms with Crippen molar-refractivity contribution >= 4 is 76.1 Å². The molecule has 72 heavy (non-hydrogen) atoms. The van der Waals surface area contributed by atoms with E-state index in [4.69, 9.17) is 37.4 Å². The smallest absolute Gasteiger partial charge is 0.337 e. The van der Waals surface area contributed by atoms with Gasteiger partial charge in [-0.1, -0.05) is 67.7 Å². The highest BCUT2D eigenvalue weighted by atomic mass is 35.5. The number of aromatic carboxylic acids is 1. The first kappa shape index (κ1) is 58.2. The van der Waals surface area contributed by atoms with E-state index < -0.39 is 28.1 Å². The Hall–Kier alpha value is -4.74. The molecule has 3 aromatic rings. The van der Waals surface area contributed by atoms with Gasteiger partial charge in [-0.2, -0.15) is 11.8 Å². The minimum absolute atomic E-state index is 0.0270. The second-order valence-electron chi connectivity index (χ2n) is 21.9. The number of benzene rings is 3. The standard InChI is InChI=1S/C54H76Cl2N6O9S/c1-49(2,27-31-70-51(5,6)25-29-57-42(63)18-14-13-17-41-54(10)53(9,34-72-41)61-48(68)62-54)47(67)58-30-26-52(7,8)71-32-28-50(3,4)60-45(64)36-21-19-35(20-22-36)33-69-40-24-23-38(55)44(43(40)56)59-39-16-12-11-15-37(39)46(65)66/h11-12,15-16,19-24,41,59H,13-14,17-18,25-34H2,1-10H3,(H,57,63)(H,58,67)(H,60,64)(H,65,66)(H2,61,62,68)/t41-,53-,54+/m0/s1. The van der Waals surface area contributed by atoms with Crippen molar-refractivity contribution in [3.8, 4) is 5.75 Å². The van der Waals surface area contributed by atoms with Gasteiger partial charge in [-0.25, -0.2) is 9.59 Å². The van der Waals surface area contributed by atoms with Gasteiger partial charge in [0.25, 0.3) is 5.91 Å². The molecule has 5 amide bonds. The molecule has 0 bridgehead atoms. The Bertz CT molecular complexity index is 2400. The molecule has 396 valence electrons. The molecule has 0 aliphatic carbocycles. The highest BCUT2D eigenvalue weighted by Gasteiger charge is 2.60. The van der Waals surface area contributed by atoms with E-state index in [1.54, 1.807) is 54.6 Å². The summed E-state index contributed by atoms with van der Waals surface area (Å²) in [6.07, 6.45) is 5.43. The lowest BCUT2D eigenvalue weighted by molar-refractivity contribution is -0.132. The van der Waals surface area contributed by atoms with Crippen LogP contribution in [0.2, 0.25) is 10.0 Å². The van der Waals surface area contributed by atoms with Crippen molar-refractivity contribution in [2.24, 2.45) is 5.41 Å². The largest absolute Gasteiger partial charge is 0.487 e. The van der Waals surface area contributed by atoms with Crippen LogP contribution in [0.25, 0.3) is 0 Å². The van der Waals surface area contributed by atoms with Crippen LogP contribution in [-0.4, -0.2) is 100.0 Å². The van der Waals surface area contributed by atoms with Crippen LogP contribution in [0.1, 0.15) is 147 Å². The van der Waals surface area contributed by atoms with Gasteiger partial charge in [0.15, 0.2) is 0 Å². The number of hydrogen-bond donors (Lipinski definition) is 7. The molecule has 2 fully saturated rings. The normalized spacial score (nSPS) is 18.9. The van der Waals surface area contributed by atoms with Gasteiger partial charge < -0.3 is 51.2 Å². The number of carboxylic acid groups (broad SMARTS) is 1. The lowest BCUT2D eigenvalue weighted by Crippen LogP contribution is -2.58. The third-order valence-corrected chi connectivity index (χ3v) is 16.4. The van der Waals surface area contributed by atoms with Crippen molar-refractivity contribution in [3.05, 3.63) is 87.4 Å². The molecule has 5 rings (SSSR count). The summed E-state index contributed by atoms with van der Waals surface area (Å²) in [5.74, 6) is -0.139. The Morgan fingerprint density at radius 1 is 0.806 bits per heavy atom. The summed E-state index contributed by atoms with van der Waals surface area (Å²) >= 11 is 15.0. The predicted molar refractivity (Wildman–Crippen MR) is 287 cm³/mol. The summed E-state index contributed by atoms with van der Waals surface area (Å²) in [6.45, 7) is 21.8. The van der Waals surface area contributed by atoms with E-state index in [9.17, 15) is 29.1 Å². The quantitative estimate of drug-likeness (QED) is 0.0269. The Labute approximate surface area is 440 Å². The maximum Gasteiger partial charge on any atom is 0.337 e. The number of halogens is 2. The average Bonchev–Trinajstić information content (AvgIpc) is 3.67. The van der Waals surface area contributed by atoms with E-state index in [0.29, 0.717) is 91.4 Å². The van der Waals surface area contributed by atoms with Crippen LogP contribution in [0.5, 0.6) is 5.75 Å². The van der Waals surface area contributed by atoms with Crippen LogP contribution in [0, 0.1) is 5.41 Å². The monoisotopic (exact) mass is 1050 g/mol. The average molecular weight is 1060 g/mol. The number of carboxylic acids is 1. The molecule has 2 saturated heterocycles. The third-order valence-electron chi connectivity index (χ3n) is 13.9. The van der Waals surface area contributed by atoms with Crippen molar-refractivity contribution < 1.29 is 43.3 Å². The number of urea groups is 1. The van der Waals surface area contributed by atoms with Gasteiger partial charge in [0.2, 0.25) is 11.8 Å². The number of carbonyl (C=O) groups excluding carboxylic acids is 4. The Morgan fingerprint density at radius 3 is 2.11 bits per heavy atom. The fourth-order valence-electron chi connectivity index (χ4n) is 8.59. The third kappa shape index (κ3) is 16.1. The molecule has 2 aliphatic rings. The fraction of sp³-hybridized carbons (Fsp3) is 0.574. The van der Waals surface area contributed by atoms with Crippen molar-refractivity contribution in [2.45, 2.75) is 160 Å². The number of thioether (sulfide) groups is 1. The van der Waals surface area contributed by atoms with E-state index in [0.717, 1.165) is 30.6 Å². The Kier molecular flexibility index (Phi) is 19.8. The van der Waals surface area contributed by atoms with Gasteiger partial charge in [0.1, 0.15) is 17.4 Å². The van der Waals surface area contributed by atoms with Crippen molar-refractivity contribution in [2.75, 3.05) is 37.4 Å². The number of hydrogen-bond acceptors (Lipinski definition) is 10. The van der Waals surface area contributed by atoms with Crippen molar-refractivity contribution in [1.82, 2.24) is 26.6 Å². The number of rotatable bonds is 28. The van der Waals surface area contributed by atoms with Crippen molar-refractivity contribution in [3.63, 3.8) is 0 Å². The van der Waals surface area contributed by atoms with Crippen molar-refractivity contribution in [1.29, 1.82) is 0 Å². The summed E-state index contributed by atoms with van der Waals surface area (Å²) in [4.78, 5) is 62.9. The molecule has 2 heterocycles. The second kappa shape index (κ2) is 24.5. The first-order chi connectivity index (χ1) is 33.6. The number of unbranched alkanes of at least 4 members (excludes halogenated alkanes) is 1. The highest BCUT2D eigenvalue weighted by molar-refractivity contribution is 8.00. The number of fused-ring (bicyclic) bond motifs is 1. The number of nitrogens with one attached hydrogen (secondary N) is 6. The summed E-state index contributed by atoms with van der Waals surface area (Å²) in [5.41, 5.74) is -0.789. The molecule has 18 heteroatoms. The van der Waals surface area contributed by atoms with Gasteiger partial charge in [-0.15, -0.1) is 0 Å². The molecule has 7 N–H and O–H groups in total. The zero-order chi connectivity index (χ0) is 53.1. The molecule has 0 unspecified atom stereocenters. The van der Waals surface area contributed by atoms with E-state index in [1.165, 1.54) is 6.07 Å². The number of para-hydroxylation sites is 1. The van der Waals surface area contributed by atoms with Crippen LogP contribution in [0.3, 0.4) is 0 Å². The molecule has 3 atom stereocenters. The molecule has 15 nitrogen and oxygen atoms in total. The summed E-state index contributed by atoms with van der Waals surface area (Å²) in [5, 5.41) is 28.8. The lowest BCUT2D eigenvalue weighted by atomic mass is 9.79. The van der Waals surface area contributed by atoms with Gasteiger partial charge in [-0.05, 0) is 136 Å². The minimum Gasteiger partial charge on any atom is -0.487 e. The SMILES string of the molecule is CC(C)(CCOC(C)(C)CCNC(=O)C(C)(C)CCOC(C)(C)CCNC(=O)CCCC[C@@H]1SC[C@]2(C)NC(=O)N[C@]12C)NC(=O)c1ccc(COc2ccc(Cl)c(Nc3ccccc3C(=O)O)c2Cl)cc1. The first-order valence-corrected chi connectivity index (χ1v) is 26.6. The predicted octanol–water partition coefficient (Wildman–Crippen LogP) is 10.4. The maximum absolute atomic E-state index is 13.3. The zero-order valence-electron chi connectivity index (χ0n) is 43.6. The fourth-order valence-corrected chi connectivity index (χ4v) is 11.0. The summed E-state index contributed by atoms with van der Waals surface area (Å²) in [7, 11) is 0. The Morgan fingerprint density at radius 2 is 1.44 bits per heavy atom. The molecule has 0 radical (unpaired) electrons. The zero-order valence-corrected chi connectivity index (χ0v) is 46.0. The molecular formula is C54H76Cl2N6O9S. The van der Waals surface area contributed by atoms with E-state index in [1.807, 2.05) is 67.2 Å². The minimum atomic E-state index is -1.10. The van der Waals surface area contributed by atoms with Crippen LogP contribution < -0.4 is 36.6 Å². The van der Waals surface area contributed by atoms with Gasteiger partial charge in [0.05, 0.1) is 44.2 Å². The number of anilines is 2. The van der Waals surface area contributed by atoms with Crippen LogP contribution in [-0.2, 0) is 25.7 Å². The molecule has 2 aliphatic heterocycles. The second-order valence-corrected chi connectivity index (χ2v) is 23.9. The first-order valence-electron chi connectivity index (χ1n) is 24.8. The van der Waals surface area contributed by atoms with Crippen LogP contribution in [0.4, 0.5) is 16.2 Å². The number of carbonyl (C=O) groups is 5. The summed E-state index contributed by atoms with van der Waals surface area (Å²) in [6, 6.07) is 16.6. The summed E-state index contributed by atoms with van der Waals surface area (Å²) < 4.78 is 18.5. The van der Waals surface area contributed by atoms with Gasteiger partial charge >= 0.3 is 12.0 Å². The van der Waals surface area contributed by atoms with E-state index in [2.05, 4.69) is 45.7 Å². The van der Waals surface area contributed by atoms with E-state index >= 15 is 0 Å². The molecule has 3 aromatic carbocycles.